The van der Waals surface area contributed by atoms with Crippen LogP contribution in [-0.4, -0.2) is 30.5 Å². The topological polar surface area (TPSA) is 101 Å². The van der Waals surface area contributed by atoms with Crippen LogP contribution in [0.15, 0.2) is 48.9 Å². The molecule has 0 aliphatic carbocycles. The second-order valence-electron chi connectivity index (χ2n) is 6.25. The molecule has 0 fully saturated rings. The Labute approximate surface area is 161 Å². The van der Waals surface area contributed by atoms with Crippen LogP contribution in [0.1, 0.15) is 22.8 Å². The Bertz CT molecular complexity index is 1230. The molecule has 0 saturated carbocycles. The maximum Gasteiger partial charge on any atom is 0.257 e. The number of pyridine rings is 1. The van der Waals surface area contributed by atoms with Gasteiger partial charge in [-0.25, -0.2) is 4.98 Å². The third-order valence-electron chi connectivity index (χ3n) is 4.50. The van der Waals surface area contributed by atoms with Gasteiger partial charge >= 0.3 is 0 Å². The normalized spacial score (nSPS) is 10.8. The Morgan fingerprint density at radius 2 is 2.07 bits per heavy atom. The van der Waals surface area contributed by atoms with Crippen molar-refractivity contribution in [2.24, 2.45) is 7.05 Å². The molecular formula is C20H17N7O. The van der Waals surface area contributed by atoms with E-state index in [0.717, 1.165) is 17.5 Å². The molecule has 3 heterocycles. The maximum atomic E-state index is 13.1. The zero-order valence-electron chi connectivity index (χ0n) is 15.4. The van der Waals surface area contributed by atoms with Crippen molar-refractivity contribution in [3.05, 3.63) is 60.0 Å². The first-order chi connectivity index (χ1) is 13.6. The summed E-state index contributed by atoms with van der Waals surface area (Å²) >= 11 is 0. The van der Waals surface area contributed by atoms with Gasteiger partial charge in [0.2, 0.25) is 0 Å². The number of carbonyl (C=O) groups excluding carboxylic acids is 1. The molecule has 0 unspecified atom stereocenters. The third kappa shape index (κ3) is 2.99. The van der Waals surface area contributed by atoms with E-state index in [1.165, 1.54) is 10.9 Å². The van der Waals surface area contributed by atoms with Crippen molar-refractivity contribution in [2.75, 3.05) is 5.32 Å². The van der Waals surface area contributed by atoms with Crippen LogP contribution >= 0.6 is 0 Å². The van der Waals surface area contributed by atoms with Gasteiger partial charge in [-0.05, 0) is 19.1 Å². The van der Waals surface area contributed by atoms with Crippen LogP contribution in [-0.2, 0) is 13.6 Å². The Kier molecular flexibility index (Phi) is 4.33. The van der Waals surface area contributed by atoms with Crippen molar-refractivity contribution in [1.29, 1.82) is 5.26 Å². The number of hydrogen-bond donors (Lipinski definition) is 1. The highest BCUT2D eigenvalue weighted by atomic mass is 16.1. The lowest BCUT2D eigenvalue weighted by Gasteiger charge is -2.10. The fourth-order valence-corrected chi connectivity index (χ4v) is 3.02. The number of anilines is 1. The van der Waals surface area contributed by atoms with Crippen molar-refractivity contribution >= 4 is 22.6 Å². The lowest BCUT2D eigenvalue weighted by atomic mass is 10.0. The van der Waals surface area contributed by atoms with Gasteiger partial charge in [-0.3, -0.25) is 14.2 Å². The van der Waals surface area contributed by atoms with E-state index in [1.807, 2.05) is 43.5 Å². The smallest absolute Gasteiger partial charge is 0.257 e. The Hall–Kier alpha value is -3.99. The van der Waals surface area contributed by atoms with Crippen LogP contribution in [0, 0.1) is 11.3 Å². The molecule has 1 amide bonds. The molecule has 28 heavy (non-hydrogen) atoms. The first-order valence-electron chi connectivity index (χ1n) is 8.76. The maximum absolute atomic E-state index is 13.1. The molecule has 4 aromatic rings. The van der Waals surface area contributed by atoms with Gasteiger partial charge in [0.15, 0.2) is 0 Å². The number of fused-ring (bicyclic) bond motifs is 1. The van der Waals surface area contributed by atoms with Crippen LogP contribution < -0.4 is 5.32 Å². The summed E-state index contributed by atoms with van der Waals surface area (Å²) in [5.41, 5.74) is 2.97. The van der Waals surface area contributed by atoms with Crippen LogP contribution in [0.5, 0.6) is 0 Å². The second-order valence-corrected chi connectivity index (χ2v) is 6.25. The number of nitriles is 1. The van der Waals surface area contributed by atoms with Crippen molar-refractivity contribution < 1.29 is 4.79 Å². The second kappa shape index (κ2) is 6.96. The van der Waals surface area contributed by atoms with E-state index < -0.39 is 0 Å². The molecule has 3 aromatic heterocycles. The number of aromatic nitrogens is 5. The number of para-hydroxylation sites is 1. The van der Waals surface area contributed by atoms with Gasteiger partial charge in [-0.2, -0.15) is 15.5 Å². The molecule has 0 saturated heterocycles. The van der Waals surface area contributed by atoms with E-state index in [9.17, 15) is 10.1 Å². The predicted octanol–water partition coefficient (Wildman–Crippen LogP) is 2.98. The van der Waals surface area contributed by atoms with Crippen LogP contribution in [0.3, 0.4) is 0 Å². The van der Waals surface area contributed by atoms with Crippen molar-refractivity contribution in [1.82, 2.24) is 24.5 Å². The summed E-state index contributed by atoms with van der Waals surface area (Å²) in [7, 11) is 1.67. The van der Waals surface area contributed by atoms with Crippen LogP contribution in [0.4, 0.5) is 5.82 Å². The van der Waals surface area contributed by atoms with Gasteiger partial charge < -0.3 is 5.32 Å². The molecule has 0 aliphatic heterocycles. The Morgan fingerprint density at radius 3 is 2.82 bits per heavy atom. The summed E-state index contributed by atoms with van der Waals surface area (Å²) in [6, 6.07) is 11.2. The number of hydrogen-bond acceptors (Lipinski definition) is 5. The Balaban J connectivity index is 1.82. The van der Waals surface area contributed by atoms with E-state index in [0.29, 0.717) is 28.2 Å². The number of amides is 1. The van der Waals surface area contributed by atoms with Crippen LogP contribution in [0.25, 0.3) is 22.2 Å². The summed E-state index contributed by atoms with van der Waals surface area (Å²) < 4.78 is 3.27. The molecule has 0 spiro atoms. The van der Waals surface area contributed by atoms with E-state index in [4.69, 9.17) is 0 Å². The number of rotatable bonds is 4. The summed E-state index contributed by atoms with van der Waals surface area (Å²) in [4.78, 5) is 17.8. The number of benzene rings is 1. The number of nitrogens with one attached hydrogen (secondary N) is 1. The minimum Gasteiger partial charge on any atom is -0.306 e. The summed E-state index contributed by atoms with van der Waals surface area (Å²) in [5.74, 6) is 0.0246. The van der Waals surface area contributed by atoms with E-state index in [-0.39, 0.29) is 5.91 Å². The first-order valence-corrected chi connectivity index (χ1v) is 8.76. The SMILES string of the molecule is CCn1cc(-c2cc(C(=O)Nc3c(C#N)cnn3C)c3ccccc3n2)cn1. The molecular weight excluding hydrogens is 354 g/mol. The lowest BCUT2D eigenvalue weighted by Crippen LogP contribution is -2.16. The molecule has 1 N–H and O–H groups in total. The molecule has 4 rings (SSSR count). The largest absolute Gasteiger partial charge is 0.306 e. The van der Waals surface area contributed by atoms with E-state index >= 15 is 0 Å². The van der Waals surface area contributed by atoms with E-state index in [2.05, 4.69) is 20.5 Å². The molecule has 0 aliphatic rings. The van der Waals surface area contributed by atoms with Gasteiger partial charge in [-0.15, -0.1) is 0 Å². The van der Waals surface area contributed by atoms with Crippen molar-refractivity contribution in [2.45, 2.75) is 13.5 Å². The fourth-order valence-electron chi connectivity index (χ4n) is 3.02. The molecule has 8 heteroatoms. The van der Waals surface area contributed by atoms with E-state index in [1.54, 1.807) is 24.0 Å². The summed E-state index contributed by atoms with van der Waals surface area (Å²) in [5, 5.41) is 21.1. The van der Waals surface area contributed by atoms with Gasteiger partial charge in [0, 0.05) is 30.7 Å². The molecule has 138 valence electrons. The zero-order chi connectivity index (χ0) is 19.7. The molecule has 8 nitrogen and oxygen atoms in total. The van der Waals surface area contributed by atoms with Gasteiger partial charge in [0.25, 0.3) is 5.91 Å². The predicted molar refractivity (Wildman–Crippen MR) is 105 cm³/mol. The zero-order valence-corrected chi connectivity index (χ0v) is 15.4. The third-order valence-corrected chi connectivity index (χ3v) is 4.50. The minimum atomic E-state index is -0.331. The highest BCUT2D eigenvalue weighted by Crippen LogP contribution is 2.26. The van der Waals surface area contributed by atoms with Crippen molar-refractivity contribution in [3.63, 3.8) is 0 Å². The number of aryl methyl sites for hydroxylation is 2. The molecule has 0 radical (unpaired) electrons. The van der Waals surface area contributed by atoms with Crippen molar-refractivity contribution in [3.8, 4) is 17.3 Å². The van der Waals surface area contributed by atoms with Gasteiger partial charge in [0.1, 0.15) is 17.5 Å². The number of nitrogens with zero attached hydrogens (tertiary/aromatic N) is 6. The standard InChI is InChI=1S/C20H17N7O/c1-3-27-12-14(11-23-27)18-8-16(15-6-4-5-7-17(15)24-18)20(28)25-19-13(9-21)10-22-26(19)2/h4-8,10-12H,3H2,1-2H3,(H,25,28). The molecule has 0 atom stereocenters. The minimum absolute atomic E-state index is 0.304. The molecule has 0 bridgehead atoms. The fraction of sp³-hybridized carbons (Fsp3) is 0.150. The summed E-state index contributed by atoms with van der Waals surface area (Å²) in [6.45, 7) is 2.75. The van der Waals surface area contributed by atoms with Gasteiger partial charge in [-0.1, -0.05) is 18.2 Å². The van der Waals surface area contributed by atoms with Crippen LogP contribution in [0.2, 0.25) is 0 Å². The average Bonchev–Trinajstić information content (AvgIpc) is 3.34. The number of carbonyl (C=O) groups is 1. The Morgan fingerprint density at radius 1 is 1.25 bits per heavy atom. The lowest BCUT2D eigenvalue weighted by molar-refractivity contribution is 0.102. The average molecular weight is 371 g/mol. The summed E-state index contributed by atoms with van der Waals surface area (Å²) in [6.07, 6.45) is 5.05. The molecule has 1 aromatic carbocycles. The quantitative estimate of drug-likeness (QED) is 0.594. The highest BCUT2D eigenvalue weighted by Gasteiger charge is 2.18. The first kappa shape index (κ1) is 17.4. The van der Waals surface area contributed by atoms with Gasteiger partial charge in [0.05, 0.1) is 29.2 Å². The monoisotopic (exact) mass is 371 g/mol. The highest BCUT2D eigenvalue weighted by molar-refractivity contribution is 6.13.